The molecule has 1 fully saturated rings. The summed E-state index contributed by atoms with van der Waals surface area (Å²) in [4.78, 5) is 15.9. The monoisotopic (exact) mass is 229 g/mol. The van der Waals surface area contributed by atoms with Gasteiger partial charge in [-0.3, -0.25) is 4.98 Å². The van der Waals surface area contributed by atoms with E-state index in [-0.39, 0.29) is 11.1 Å². The fraction of sp³-hybridized carbons (Fsp3) is 0.455. The van der Waals surface area contributed by atoms with E-state index in [2.05, 4.69) is 16.2 Å². The van der Waals surface area contributed by atoms with E-state index in [1.165, 1.54) is 9.08 Å². The van der Waals surface area contributed by atoms with E-state index in [0.717, 1.165) is 12.8 Å². The van der Waals surface area contributed by atoms with Gasteiger partial charge < -0.3 is 0 Å². The first kappa shape index (κ1) is 10.0. The van der Waals surface area contributed by atoms with Crippen molar-refractivity contribution < 1.29 is 0 Å². The van der Waals surface area contributed by atoms with Crippen molar-refractivity contribution in [2.24, 2.45) is 5.41 Å². The van der Waals surface area contributed by atoms with E-state index >= 15 is 0 Å². The van der Waals surface area contributed by atoms with Crippen molar-refractivity contribution in [3.63, 3.8) is 0 Å². The van der Waals surface area contributed by atoms with Gasteiger partial charge in [0.25, 0.3) is 0 Å². The molecule has 1 aliphatic rings. The predicted octanol–water partition coefficient (Wildman–Crippen LogP) is 0.585. The summed E-state index contributed by atoms with van der Waals surface area (Å²) in [6.07, 6.45) is 7.21. The summed E-state index contributed by atoms with van der Waals surface area (Å²) in [6.45, 7) is 0.529. The molecule has 0 bridgehead atoms. The molecule has 2 heterocycles. The smallest absolute Gasteiger partial charge is 0.259 e. The van der Waals surface area contributed by atoms with Gasteiger partial charge in [-0.05, 0) is 12.8 Å². The molecule has 86 valence electrons. The molecule has 0 N–H and O–H groups in total. The standard InChI is InChI=1S/C11H11N5O/c12-4-3-11(1-2-11)8-16-10(17)15-6-5-13-7-9(15)14-16/h5-7H,1-3,8H2. The highest BCUT2D eigenvalue weighted by molar-refractivity contribution is 5.31. The van der Waals surface area contributed by atoms with Crippen LogP contribution in [-0.2, 0) is 6.54 Å². The third-order valence-corrected chi connectivity index (χ3v) is 3.29. The molecule has 0 radical (unpaired) electrons. The molecule has 0 aliphatic heterocycles. The Morgan fingerprint density at radius 1 is 1.53 bits per heavy atom. The molecular weight excluding hydrogens is 218 g/mol. The van der Waals surface area contributed by atoms with Crippen molar-refractivity contribution in [3.8, 4) is 6.07 Å². The van der Waals surface area contributed by atoms with Crippen molar-refractivity contribution in [1.29, 1.82) is 5.26 Å². The van der Waals surface area contributed by atoms with Gasteiger partial charge in [0.15, 0.2) is 5.65 Å². The van der Waals surface area contributed by atoms with Crippen LogP contribution in [0.2, 0.25) is 0 Å². The van der Waals surface area contributed by atoms with Crippen molar-refractivity contribution in [2.75, 3.05) is 0 Å². The average Bonchev–Trinajstić information content (AvgIpc) is 3.01. The SMILES string of the molecule is N#CCC1(Cn2nc3cnccn3c2=O)CC1. The molecule has 0 spiro atoms. The van der Waals surface area contributed by atoms with Crippen LogP contribution in [0.15, 0.2) is 23.4 Å². The van der Waals surface area contributed by atoms with Crippen LogP contribution in [0.3, 0.4) is 0 Å². The fourth-order valence-electron chi connectivity index (χ4n) is 2.04. The maximum Gasteiger partial charge on any atom is 0.350 e. The fourth-order valence-corrected chi connectivity index (χ4v) is 2.04. The summed E-state index contributed by atoms with van der Waals surface area (Å²) in [7, 11) is 0. The van der Waals surface area contributed by atoms with Gasteiger partial charge in [-0.1, -0.05) is 0 Å². The molecule has 17 heavy (non-hydrogen) atoms. The highest BCUT2D eigenvalue weighted by Crippen LogP contribution is 2.49. The van der Waals surface area contributed by atoms with Crippen LogP contribution in [0.25, 0.3) is 5.65 Å². The highest BCUT2D eigenvalue weighted by Gasteiger charge is 2.43. The van der Waals surface area contributed by atoms with Gasteiger partial charge in [0, 0.05) is 24.2 Å². The number of nitrogens with zero attached hydrogens (tertiary/aromatic N) is 5. The number of hydrogen-bond donors (Lipinski definition) is 0. The number of fused-ring (bicyclic) bond motifs is 1. The zero-order valence-corrected chi connectivity index (χ0v) is 9.20. The average molecular weight is 229 g/mol. The molecule has 0 unspecified atom stereocenters. The van der Waals surface area contributed by atoms with Crippen molar-refractivity contribution in [3.05, 3.63) is 29.1 Å². The molecule has 1 saturated carbocycles. The summed E-state index contributed by atoms with van der Waals surface area (Å²) in [6, 6.07) is 2.18. The van der Waals surface area contributed by atoms with Crippen molar-refractivity contribution in [2.45, 2.75) is 25.8 Å². The Kier molecular flexibility index (Phi) is 2.01. The predicted molar refractivity (Wildman–Crippen MR) is 59.1 cm³/mol. The molecule has 0 saturated heterocycles. The van der Waals surface area contributed by atoms with Crippen LogP contribution in [0.4, 0.5) is 0 Å². The number of nitriles is 1. The Hall–Kier alpha value is -2.16. The Morgan fingerprint density at radius 3 is 3.00 bits per heavy atom. The minimum absolute atomic E-state index is 0.0239. The molecule has 2 aromatic heterocycles. The minimum atomic E-state index is -0.161. The first-order valence-corrected chi connectivity index (χ1v) is 5.50. The number of rotatable bonds is 3. The van der Waals surface area contributed by atoms with Crippen LogP contribution in [0.1, 0.15) is 19.3 Å². The van der Waals surface area contributed by atoms with Gasteiger partial charge in [-0.2, -0.15) is 5.26 Å². The summed E-state index contributed by atoms with van der Waals surface area (Å²) in [5.74, 6) is 0. The summed E-state index contributed by atoms with van der Waals surface area (Å²) >= 11 is 0. The lowest BCUT2D eigenvalue weighted by Crippen LogP contribution is -2.25. The first-order valence-electron chi connectivity index (χ1n) is 5.50. The van der Waals surface area contributed by atoms with Gasteiger partial charge in [0.2, 0.25) is 0 Å². The molecule has 2 aromatic rings. The summed E-state index contributed by atoms with van der Waals surface area (Å²) < 4.78 is 2.91. The lowest BCUT2D eigenvalue weighted by molar-refractivity contribution is 0.396. The maximum atomic E-state index is 12.0. The van der Waals surface area contributed by atoms with E-state index in [1.807, 2.05) is 0 Å². The van der Waals surface area contributed by atoms with Crippen molar-refractivity contribution >= 4 is 5.65 Å². The summed E-state index contributed by atoms with van der Waals surface area (Å²) in [5.41, 5.74) is 0.362. The van der Waals surface area contributed by atoms with Gasteiger partial charge in [0.1, 0.15) is 0 Å². The minimum Gasteiger partial charge on any atom is -0.259 e. The molecule has 3 rings (SSSR count). The second-order valence-corrected chi connectivity index (χ2v) is 4.58. The van der Waals surface area contributed by atoms with E-state index in [9.17, 15) is 4.79 Å². The molecule has 0 amide bonds. The van der Waals surface area contributed by atoms with Crippen LogP contribution in [0, 0.1) is 16.7 Å². The van der Waals surface area contributed by atoms with Crippen LogP contribution in [-0.4, -0.2) is 19.2 Å². The van der Waals surface area contributed by atoms with E-state index in [1.54, 1.807) is 18.6 Å². The third kappa shape index (κ3) is 1.60. The molecular formula is C11H11N5O. The van der Waals surface area contributed by atoms with Gasteiger partial charge >= 0.3 is 5.69 Å². The van der Waals surface area contributed by atoms with Crippen LogP contribution < -0.4 is 5.69 Å². The largest absolute Gasteiger partial charge is 0.350 e. The topological polar surface area (TPSA) is 76.0 Å². The van der Waals surface area contributed by atoms with Crippen LogP contribution >= 0.6 is 0 Å². The van der Waals surface area contributed by atoms with Gasteiger partial charge in [0.05, 0.1) is 18.8 Å². The van der Waals surface area contributed by atoms with E-state index in [4.69, 9.17) is 5.26 Å². The maximum absolute atomic E-state index is 12.0. The molecule has 1 aliphatic carbocycles. The zero-order valence-electron chi connectivity index (χ0n) is 9.20. The second kappa shape index (κ2) is 3.42. The molecule has 0 aromatic carbocycles. The Morgan fingerprint density at radius 2 is 2.35 bits per heavy atom. The van der Waals surface area contributed by atoms with E-state index < -0.39 is 0 Å². The van der Waals surface area contributed by atoms with Crippen LogP contribution in [0.5, 0.6) is 0 Å². The Labute approximate surface area is 97.1 Å². The first-order chi connectivity index (χ1) is 8.24. The quantitative estimate of drug-likeness (QED) is 0.771. The third-order valence-electron chi connectivity index (χ3n) is 3.29. The number of aromatic nitrogens is 4. The Balaban J connectivity index is 1.99. The summed E-state index contributed by atoms with van der Waals surface area (Å²) in [5, 5.41) is 13.0. The molecule has 0 atom stereocenters. The normalized spacial score (nSPS) is 16.9. The second-order valence-electron chi connectivity index (χ2n) is 4.58. The lowest BCUT2D eigenvalue weighted by Gasteiger charge is -2.08. The van der Waals surface area contributed by atoms with Crippen molar-refractivity contribution in [1.82, 2.24) is 19.2 Å². The zero-order chi connectivity index (χ0) is 11.9. The Bertz CT molecular complexity index is 658. The van der Waals surface area contributed by atoms with Gasteiger partial charge in [-0.25, -0.2) is 13.9 Å². The molecule has 6 nitrogen and oxygen atoms in total. The van der Waals surface area contributed by atoms with Gasteiger partial charge in [-0.15, -0.1) is 5.10 Å². The highest BCUT2D eigenvalue weighted by atomic mass is 16.2. The number of hydrogen-bond acceptors (Lipinski definition) is 4. The molecule has 6 heteroatoms. The van der Waals surface area contributed by atoms with E-state index in [0.29, 0.717) is 18.6 Å². The lowest BCUT2D eigenvalue weighted by atomic mass is 10.0.